The molecule has 7 heteroatoms. The number of hydrogen-bond acceptors (Lipinski definition) is 4. The minimum atomic E-state index is -0.0376. The van der Waals surface area contributed by atoms with Gasteiger partial charge in [-0.15, -0.1) is 0 Å². The van der Waals surface area contributed by atoms with Gasteiger partial charge in [-0.2, -0.15) is 0 Å². The Morgan fingerprint density at radius 3 is 2.84 bits per heavy atom. The second kappa shape index (κ2) is 5.77. The van der Waals surface area contributed by atoms with Crippen LogP contribution >= 0.6 is 23.2 Å². The number of aromatic nitrogens is 1. The van der Waals surface area contributed by atoms with Gasteiger partial charge in [-0.25, -0.2) is 4.98 Å². The Labute approximate surface area is 119 Å². The molecule has 0 saturated heterocycles. The lowest BCUT2D eigenvalue weighted by molar-refractivity contribution is 0.318. The van der Waals surface area contributed by atoms with Crippen LogP contribution < -0.4 is 10.5 Å². The minimum absolute atomic E-state index is 0.0376. The largest absolute Gasteiger partial charge is 0.437 e. The second-order valence-electron chi connectivity index (χ2n) is 3.52. The first-order valence-corrected chi connectivity index (χ1v) is 5.93. The van der Waals surface area contributed by atoms with Crippen molar-refractivity contribution in [1.29, 1.82) is 0 Å². The number of benzene rings is 1. The molecule has 1 aromatic heterocycles. The third-order valence-electron chi connectivity index (χ3n) is 2.27. The van der Waals surface area contributed by atoms with E-state index in [-0.39, 0.29) is 11.7 Å². The molecule has 0 unspecified atom stereocenters. The topological polar surface area (TPSA) is 80.7 Å². The molecule has 0 aliphatic carbocycles. The fourth-order valence-electron chi connectivity index (χ4n) is 1.36. The summed E-state index contributed by atoms with van der Waals surface area (Å²) in [5, 5.41) is 12.2. The van der Waals surface area contributed by atoms with Gasteiger partial charge in [0.15, 0.2) is 5.84 Å². The van der Waals surface area contributed by atoms with Gasteiger partial charge in [0.1, 0.15) is 10.8 Å². The molecule has 0 saturated carbocycles. The van der Waals surface area contributed by atoms with Crippen LogP contribution in [0.4, 0.5) is 0 Å². The first-order valence-electron chi connectivity index (χ1n) is 5.17. The minimum Gasteiger partial charge on any atom is -0.437 e. The van der Waals surface area contributed by atoms with Crippen molar-refractivity contribution in [3.8, 4) is 11.6 Å². The molecule has 2 aromatic rings. The maximum Gasteiger partial charge on any atom is 0.219 e. The Hall–Kier alpha value is -1.98. The number of amidine groups is 1. The predicted octanol–water partition coefficient (Wildman–Crippen LogP) is 3.28. The molecule has 0 amide bonds. The van der Waals surface area contributed by atoms with Crippen molar-refractivity contribution in [2.45, 2.75) is 0 Å². The average molecular weight is 298 g/mol. The number of pyridine rings is 1. The van der Waals surface area contributed by atoms with E-state index in [0.29, 0.717) is 21.4 Å². The van der Waals surface area contributed by atoms with E-state index in [1.807, 2.05) is 0 Å². The zero-order valence-electron chi connectivity index (χ0n) is 9.55. The highest BCUT2D eigenvalue weighted by molar-refractivity contribution is 6.42. The highest BCUT2D eigenvalue weighted by Gasteiger charge is 2.08. The molecule has 0 spiro atoms. The smallest absolute Gasteiger partial charge is 0.219 e. The summed E-state index contributed by atoms with van der Waals surface area (Å²) >= 11 is 11.9. The predicted molar refractivity (Wildman–Crippen MR) is 73.3 cm³/mol. The maximum atomic E-state index is 8.61. The lowest BCUT2D eigenvalue weighted by Crippen LogP contribution is -2.13. The molecule has 1 heterocycles. The molecule has 3 N–H and O–H groups in total. The summed E-state index contributed by atoms with van der Waals surface area (Å²) in [6, 6.07) is 8.12. The fraction of sp³-hybridized carbons (Fsp3) is 0. The van der Waals surface area contributed by atoms with E-state index in [1.165, 1.54) is 12.3 Å². The standard InChI is InChI=1S/C12H9Cl2N3O2/c13-8-2-1-3-9(11(8)14)19-10-6-7(4-5-16-10)12(15)17-18/h1-6,18H,(H2,15,17). The van der Waals surface area contributed by atoms with E-state index in [4.69, 9.17) is 38.9 Å². The molecular formula is C12H9Cl2N3O2. The molecule has 0 aliphatic rings. The molecule has 19 heavy (non-hydrogen) atoms. The lowest BCUT2D eigenvalue weighted by atomic mass is 10.2. The van der Waals surface area contributed by atoms with Crippen LogP contribution in [0.5, 0.6) is 11.6 Å². The van der Waals surface area contributed by atoms with Gasteiger partial charge in [0.2, 0.25) is 5.88 Å². The molecule has 0 radical (unpaired) electrons. The zero-order valence-corrected chi connectivity index (χ0v) is 11.1. The Morgan fingerprint density at radius 1 is 1.32 bits per heavy atom. The Balaban J connectivity index is 2.31. The Kier molecular flexibility index (Phi) is 4.09. The van der Waals surface area contributed by atoms with Crippen molar-refractivity contribution < 1.29 is 9.94 Å². The highest BCUT2D eigenvalue weighted by Crippen LogP contribution is 2.34. The molecule has 0 aliphatic heterocycles. The number of nitrogens with two attached hydrogens (primary N) is 1. The fourth-order valence-corrected chi connectivity index (χ4v) is 1.69. The molecule has 0 bridgehead atoms. The summed E-state index contributed by atoms with van der Waals surface area (Å²) in [6.45, 7) is 0. The van der Waals surface area contributed by atoms with Crippen LogP contribution in [0.15, 0.2) is 41.7 Å². The first-order chi connectivity index (χ1) is 9.11. The monoisotopic (exact) mass is 297 g/mol. The summed E-state index contributed by atoms with van der Waals surface area (Å²) in [5.41, 5.74) is 5.96. The van der Waals surface area contributed by atoms with Crippen molar-refractivity contribution in [2.75, 3.05) is 0 Å². The van der Waals surface area contributed by atoms with E-state index in [2.05, 4.69) is 10.1 Å². The van der Waals surface area contributed by atoms with Crippen LogP contribution in [0.3, 0.4) is 0 Å². The van der Waals surface area contributed by atoms with Crippen LogP contribution in [0.1, 0.15) is 5.56 Å². The van der Waals surface area contributed by atoms with Crippen molar-refractivity contribution in [3.63, 3.8) is 0 Å². The van der Waals surface area contributed by atoms with E-state index >= 15 is 0 Å². The van der Waals surface area contributed by atoms with Crippen LogP contribution in [-0.4, -0.2) is 16.0 Å². The third kappa shape index (κ3) is 3.07. The second-order valence-corrected chi connectivity index (χ2v) is 4.31. The van der Waals surface area contributed by atoms with E-state index in [1.54, 1.807) is 24.3 Å². The van der Waals surface area contributed by atoms with Gasteiger partial charge in [0.05, 0.1) is 5.02 Å². The summed E-state index contributed by atoms with van der Waals surface area (Å²) in [6.07, 6.45) is 1.47. The SMILES string of the molecule is N/C(=N\O)c1ccnc(Oc2cccc(Cl)c2Cl)c1. The van der Waals surface area contributed by atoms with Crippen LogP contribution in [0, 0.1) is 0 Å². The number of halogens is 2. The maximum absolute atomic E-state index is 8.61. The van der Waals surface area contributed by atoms with Gasteiger partial charge >= 0.3 is 0 Å². The van der Waals surface area contributed by atoms with Crippen LogP contribution in [0.2, 0.25) is 10.0 Å². The molecule has 5 nitrogen and oxygen atoms in total. The molecular weight excluding hydrogens is 289 g/mol. The van der Waals surface area contributed by atoms with Crippen LogP contribution in [0.25, 0.3) is 0 Å². The summed E-state index contributed by atoms with van der Waals surface area (Å²) in [5.74, 6) is 0.594. The number of rotatable bonds is 3. The Bertz CT molecular complexity index is 632. The van der Waals surface area contributed by atoms with E-state index < -0.39 is 0 Å². The molecule has 2 rings (SSSR count). The van der Waals surface area contributed by atoms with Crippen molar-refractivity contribution in [1.82, 2.24) is 4.98 Å². The summed E-state index contributed by atoms with van der Waals surface area (Å²) < 4.78 is 5.51. The van der Waals surface area contributed by atoms with E-state index in [0.717, 1.165) is 0 Å². The normalized spacial score (nSPS) is 11.4. The molecule has 1 aromatic carbocycles. The van der Waals surface area contributed by atoms with Gasteiger partial charge in [-0.1, -0.05) is 34.4 Å². The third-order valence-corrected chi connectivity index (χ3v) is 3.07. The van der Waals surface area contributed by atoms with Gasteiger partial charge in [-0.05, 0) is 18.2 Å². The van der Waals surface area contributed by atoms with Gasteiger partial charge in [0.25, 0.3) is 0 Å². The zero-order chi connectivity index (χ0) is 13.8. The van der Waals surface area contributed by atoms with Gasteiger partial charge in [0, 0.05) is 17.8 Å². The summed E-state index contributed by atoms with van der Waals surface area (Å²) in [7, 11) is 0. The van der Waals surface area contributed by atoms with Crippen molar-refractivity contribution in [3.05, 3.63) is 52.1 Å². The van der Waals surface area contributed by atoms with Gasteiger partial charge in [-0.3, -0.25) is 0 Å². The first kappa shape index (κ1) is 13.5. The Morgan fingerprint density at radius 2 is 2.11 bits per heavy atom. The number of hydrogen-bond donors (Lipinski definition) is 2. The molecule has 98 valence electrons. The summed E-state index contributed by atoms with van der Waals surface area (Å²) in [4.78, 5) is 4.01. The highest BCUT2D eigenvalue weighted by atomic mass is 35.5. The van der Waals surface area contributed by atoms with E-state index in [9.17, 15) is 0 Å². The quantitative estimate of drug-likeness (QED) is 0.394. The van der Waals surface area contributed by atoms with Gasteiger partial charge < -0.3 is 15.7 Å². The van der Waals surface area contributed by atoms with Crippen molar-refractivity contribution in [2.24, 2.45) is 10.9 Å². The number of oxime groups is 1. The average Bonchev–Trinajstić information content (AvgIpc) is 2.43. The molecule has 0 fully saturated rings. The number of nitrogens with zero attached hydrogens (tertiary/aromatic N) is 2. The van der Waals surface area contributed by atoms with Crippen molar-refractivity contribution >= 4 is 29.0 Å². The number of ether oxygens (including phenoxy) is 1. The molecule has 0 atom stereocenters. The van der Waals surface area contributed by atoms with Crippen LogP contribution in [-0.2, 0) is 0 Å². The lowest BCUT2D eigenvalue weighted by Gasteiger charge is -2.08.